The van der Waals surface area contributed by atoms with Crippen LogP contribution in [-0.4, -0.2) is 11.7 Å². The summed E-state index contributed by atoms with van der Waals surface area (Å²) in [7, 11) is 0. The second kappa shape index (κ2) is 5.61. The lowest BCUT2D eigenvalue weighted by Crippen LogP contribution is -2.20. The normalized spacial score (nSPS) is 14.4. The number of aryl methyl sites for hydroxylation is 1. The fourth-order valence-corrected chi connectivity index (χ4v) is 2.95. The van der Waals surface area contributed by atoms with Gasteiger partial charge in [-0.2, -0.15) is 11.3 Å². The molecule has 0 fully saturated rings. The van der Waals surface area contributed by atoms with Crippen LogP contribution in [0.15, 0.2) is 35.0 Å². The molecule has 18 heavy (non-hydrogen) atoms. The minimum Gasteiger partial charge on any atom is -0.388 e. The van der Waals surface area contributed by atoms with Gasteiger partial charge >= 0.3 is 0 Å². The molecule has 2 rings (SSSR count). The first-order valence-electron chi connectivity index (χ1n) is 5.79. The molecular formula is C14H16FNOS. The molecule has 0 saturated heterocycles. The van der Waals surface area contributed by atoms with Gasteiger partial charge in [0.1, 0.15) is 5.82 Å². The van der Waals surface area contributed by atoms with Crippen LogP contribution in [0.2, 0.25) is 0 Å². The summed E-state index contributed by atoms with van der Waals surface area (Å²) in [6.07, 6.45) is -0.692. The molecule has 0 radical (unpaired) electrons. The monoisotopic (exact) mass is 265 g/mol. The highest BCUT2D eigenvalue weighted by molar-refractivity contribution is 7.08. The van der Waals surface area contributed by atoms with Crippen molar-refractivity contribution in [2.45, 2.75) is 18.9 Å². The van der Waals surface area contributed by atoms with Crippen molar-refractivity contribution in [3.05, 3.63) is 57.5 Å². The first kappa shape index (κ1) is 13.2. The van der Waals surface area contributed by atoms with E-state index in [-0.39, 0.29) is 18.3 Å². The predicted molar refractivity (Wildman–Crippen MR) is 72.2 cm³/mol. The van der Waals surface area contributed by atoms with E-state index >= 15 is 0 Å². The summed E-state index contributed by atoms with van der Waals surface area (Å²) >= 11 is 1.55. The molecule has 2 unspecified atom stereocenters. The van der Waals surface area contributed by atoms with E-state index in [1.54, 1.807) is 23.5 Å². The maximum atomic E-state index is 13.2. The van der Waals surface area contributed by atoms with E-state index in [9.17, 15) is 9.50 Å². The zero-order chi connectivity index (χ0) is 13.1. The second-order valence-corrected chi connectivity index (χ2v) is 5.10. The lowest BCUT2D eigenvalue weighted by molar-refractivity contribution is 0.147. The minimum atomic E-state index is -0.692. The van der Waals surface area contributed by atoms with E-state index in [2.05, 4.69) is 0 Å². The highest BCUT2D eigenvalue weighted by Crippen LogP contribution is 2.33. The number of nitrogens with two attached hydrogens (primary N) is 1. The van der Waals surface area contributed by atoms with E-state index in [1.807, 2.05) is 17.7 Å². The van der Waals surface area contributed by atoms with E-state index in [1.165, 1.54) is 12.1 Å². The van der Waals surface area contributed by atoms with E-state index in [4.69, 9.17) is 5.73 Å². The quantitative estimate of drug-likeness (QED) is 0.892. The highest BCUT2D eigenvalue weighted by atomic mass is 32.1. The molecular weight excluding hydrogens is 249 g/mol. The second-order valence-electron chi connectivity index (χ2n) is 4.35. The zero-order valence-electron chi connectivity index (χ0n) is 10.1. The third-order valence-electron chi connectivity index (χ3n) is 3.13. The number of hydrogen-bond acceptors (Lipinski definition) is 3. The molecule has 0 amide bonds. The summed E-state index contributed by atoms with van der Waals surface area (Å²) in [5, 5.41) is 14.3. The Morgan fingerprint density at radius 1 is 1.39 bits per heavy atom. The Balaban J connectivity index is 2.32. The van der Waals surface area contributed by atoms with Gasteiger partial charge in [-0.25, -0.2) is 4.39 Å². The summed E-state index contributed by atoms with van der Waals surface area (Å²) in [6.45, 7) is 2.23. The van der Waals surface area contributed by atoms with Gasteiger partial charge in [-0.15, -0.1) is 0 Å². The molecule has 2 aromatic rings. The molecule has 1 aromatic heterocycles. The molecule has 1 aromatic carbocycles. The molecule has 0 aliphatic carbocycles. The van der Waals surface area contributed by atoms with Crippen molar-refractivity contribution >= 4 is 11.3 Å². The van der Waals surface area contributed by atoms with Crippen LogP contribution in [0.3, 0.4) is 0 Å². The largest absolute Gasteiger partial charge is 0.388 e. The van der Waals surface area contributed by atoms with E-state index < -0.39 is 6.10 Å². The number of aliphatic hydroxyl groups is 1. The number of benzene rings is 1. The standard InChI is InChI=1S/C14H16FNOS/c1-9-7-18-8-13(9)14(17)12(6-16)10-3-2-4-11(15)5-10/h2-5,7-8,12,14,17H,6,16H2,1H3. The Hall–Kier alpha value is -1.23. The van der Waals surface area contributed by atoms with Gasteiger partial charge in [0, 0.05) is 12.5 Å². The van der Waals surface area contributed by atoms with Crippen LogP contribution in [0.5, 0.6) is 0 Å². The maximum Gasteiger partial charge on any atom is 0.123 e. The minimum absolute atomic E-state index is 0.278. The van der Waals surface area contributed by atoms with Gasteiger partial charge in [-0.05, 0) is 46.5 Å². The maximum absolute atomic E-state index is 13.2. The van der Waals surface area contributed by atoms with Gasteiger partial charge < -0.3 is 10.8 Å². The Morgan fingerprint density at radius 2 is 2.17 bits per heavy atom. The molecule has 96 valence electrons. The smallest absolute Gasteiger partial charge is 0.123 e. The number of halogens is 1. The van der Waals surface area contributed by atoms with E-state index in [0.717, 1.165) is 16.7 Å². The van der Waals surface area contributed by atoms with Crippen LogP contribution in [0.4, 0.5) is 4.39 Å². The molecule has 0 bridgehead atoms. The van der Waals surface area contributed by atoms with Gasteiger partial charge in [0.05, 0.1) is 6.10 Å². The highest BCUT2D eigenvalue weighted by Gasteiger charge is 2.23. The fraction of sp³-hybridized carbons (Fsp3) is 0.286. The molecule has 0 saturated carbocycles. The predicted octanol–water partition coefficient (Wildman–Crippen LogP) is 2.97. The molecule has 0 aliphatic rings. The van der Waals surface area contributed by atoms with Crippen molar-refractivity contribution in [1.29, 1.82) is 0 Å². The summed E-state index contributed by atoms with van der Waals surface area (Å²) in [6, 6.07) is 6.26. The molecule has 4 heteroatoms. The van der Waals surface area contributed by atoms with Crippen LogP contribution >= 0.6 is 11.3 Å². The number of thiophene rings is 1. The van der Waals surface area contributed by atoms with Crippen LogP contribution < -0.4 is 5.73 Å². The van der Waals surface area contributed by atoms with Crippen molar-refractivity contribution in [2.75, 3.05) is 6.54 Å². The third-order valence-corrected chi connectivity index (χ3v) is 4.01. The SMILES string of the molecule is Cc1cscc1C(O)C(CN)c1cccc(F)c1. The lowest BCUT2D eigenvalue weighted by Gasteiger charge is -2.22. The van der Waals surface area contributed by atoms with Crippen molar-refractivity contribution in [2.24, 2.45) is 5.73 Å². The summed E-state index contributed by atoms with van der Waals surface area (Å²) in [5.74, 6) is -0.589. The number of aliphatic hydroxyl groups excluding tert-OH is 1. The van der Waals surface area contributed by atoms with Crippen molar-refractivity contribution in [1.82, 2.24) is 0 Å². The molecule has 2 atom stereocenters. The van der Waals surface area contributed by atoms with Gasteiger partial charge in [0.25, 0.3) is 0 Å². The van der Waals surface area contributed by atoms with Crippen molar-refractivity contribution in [3.8, 4) is 0 Å². The van der Waals surface area contributed by atoms with Crippen LogP contribution in [0.1, 0.15) is 28.7 Å². The zero-order valence-corrected chi connectivity index (χ0v) is 11.0. The van der Waals surface area contributed by atoms with Crippen molar-refractivity contribution < 1.29 is 9.50 Å². The van der Waals surface area contributed by atoms with Gasteiger partial charge in [0.15, 0.2) is 0 Å². The average Bonchev–Trinajstić information content (AvgIpc) is 2.76. The first-order chi connectivity index (χ1) is 8.63. The Morgan fingerprint density at radius 3 is 2.72 bits per heavy atom. The molecule has 3 N–H and O–H groups in total. The molecule has 2 nitrogen and oxygen atoms in total. The lowest BCUT2D eigenvalue weighted by atomic mass is 9.89. The number of rotatable bonds is 4. The Bertz CT molecular complexity index is 526. The molecule has 1 heterocycles. The number of hydrogen-bond donors (Lipinski definition) is 2. The van der Waals surface area contributed by atoms with Gasteiger partial charge in [-0.3, -0.25) is 0 Å². The van der Waals surface area contributed by atoms with Gasteiger partial charge in [-0.1, -0.05) is 12.1 Å². The van der Waals surface area contributed by atoms with E-state index in [0.29, 0.717) is 0 Å². The summed E-state index contributed by atoms with van der Waals surface area (Å²) < 4.78 is 13.2. The average molecular weight is 265 g/mol. The fourth-order valence-electron chi connectivity index (χ4n) is 2.07. The molecule has 0 aliphatic heterocycles. The third kappa shape index (κ3) is 2.61. The first-order valence-corrected chi connectivity index (χ1v) is 6.74. The van der Waals surface area contributed by atoms with Gasteiger partial charge in [0.2, 0.25) is 0 Å². The topological polar surface area (TPSA) is 46.2 Å². The van der Waals surface area contributed by atoms with Crippen LogP contribution in [-0.2, 0) is 0 Å². The summed E-state index contributed by atoms with van der Waals surface area (Å²) in [5.41, 5.74) is 8.38. The Labute approximate surface area is 110 Å². The van der Waals surface area contributed by atoms with Crippen LogP contribution in [0.25, 0.3) is 0 Å². The van der Waals surface area contributed by atoms with Crippen LogP contribution in [0, 0.1) is 12.7 Å². The summed E-state index contributed by atoms with van der Waals surface area (Å²) in [4.78, 5) is 0. The molecule has 0 spiro atoms. The Kier molecular flexibility index (Phi) is 4.11. The van der Waals surface area contributed by atoms with Crippen molar-refractivity contribution in [3.63, 3.8) is 0 Å².